The van der Waals surface area contributed by atoms with Gasteiger partial charge in [0.2, 0.25) is 17.7 Å². The van der Waals surface area contributed by atoms with Gasteiger partial charge in [0.1, 0.15) is 11.6 Å². The highest BCUT2D eigenvalue weighted by Crippen LogP contribution is 2.31. The van der Waals surface area contributed by atoms with Crippen molar-refractivity contribution < 1.29 is 24.0 Å². The molecule has 55 heavy (non-hydrogen) atoms. The van der Waals surface area contributed by atoms with Gasteiger partial charge in [-0.25, -0.2) is 4.98 Å². The fourth-order valence-corrected chi connectivity index (χ4v) is 8.06. The number of imide groups is 2. The maximum atomic E-state index is 13.1. The van der Waals surface area contributed by atoms with Gasteiger partial charge in [0.15, 0.2) is 0 Å². The standard InChI is InChI=1S/C40H46N10O5/c1-46-18-20-47(21-19-46)33-7-5-6-31-37(33)44-32(24-42-31)26-23-43-49(25-26)28-13-16-48(17-14-28)36(52)8-3-2-4-15-41-27-9-10-29-30(22-27)40(55)50(39(29)54)34-11-12-35(51)45-38(34)53/h5-7,9-10,22-25,28,34,41H,2-4,8,11-21H2,1H3,(H,45,51,53). The SMILES string of the molecule is CN1CCN(c2cccc3ncc(-c4cnn(C5CCN(C(=O)CCCCCNc6ccc7c(c6)C(=O)N(C6CCC(=O)NC6=O)C7=O)CC5)c4)nc23)CC1. The molecule has 5 amide bonds. The molecule has 2 N–H and O–H groups in total. The van der Waals surface area contributed by atoms with Crippen LogP contribution in [-0.2, 0) is 14.4 Å². The zero-order chi connectivity index (χ0) is 38.1. The van der Waals surface area contributed by atoms with Crippen molar-refractivity contribution in [3.05, 3.63) is 66.1 Å². The van der Waals surface area contributed by atoms with Gasteiger partial charge in [-0.2, -0.15) is 5.10 Å². The Hall–Kier alpha value is -5.70. The quantitative estimate of drug-likeness (QED) is 0.171. The molecule has 2 aromatic heterocycles. The van der Waals surface area contributed by atoms with Crippen LogP contribution in [0.4, 0.5) is 11.4 Å². The Balaban J connectivity index is 0.771. The molecule has 0 spiro atoms. The van der Waals surface area contributed by atoms with Crippen molar-refractivity contribution in [2.45, 2.75) is 63.5 Å². The molecule has 286 valence electrons. The van der Waals surface area contributed by atoms with Gasteiger partial charge in [-0.15, -0.1) is 0 Å². The molecule has 0 radical (unpaired) electrons. The fourth-order valence-electron chi connectivity index (χ4n) is 8.06. The molecule has 4 aliphatic heterocycles. The molecule has 0 bridgehead atoms. The highest BCUT2D eigenvalue weighted by atomic mass is 16.2. The van der Waals surface area contributed by atoms with Gasteiger partial charge in [-0.05, 0) is 69.5 Å². The molecule has 0 aliphatic carbocycles. The lowest BCUT2D eigenvalue weighted by molar-refractivity contribution is -0.136. The van der Waals surface area contributed by atoms with E-state index in [9.17, 15) is 24.0 Å². The number of rotatable bonds is 11. The van der Waals surface area contributed by atoms with Gasteiger partial charge in [-0.1, -0.05) is 12.5 Å². The third-order valence-electron chi connectivity index (χ3n) is 11.3. The van der Waals surface area contributed by atoms with E-state index < -0.39 is 29.7 Å². The van der Waals surface area contributed by atoms with Gasteiger partial charge >= 0.3 is 0 Å². The maximum absolute atomic E-state index is 13.1. The lowest BCUT2D eigenvalue weighted by Gasteiger charge is -2.34. The Morgan fingerprint density at radius 2 is 1.69 bits per heavy atom. The van der Waals surface area contributed by atoms with Crippen molar-refractivity contribution in [3.8, 4) is 11.3 Å². The predicted octanol–water partition coefficient (Wildman–Crippen LogP) is 3.48. The number of unbranched alkanes of at least 4 members (excludes halogenated alkanes) is 2. The monoisotopic (exact) mass is 746 g/mol. The van der Waals surface area contributed by atoms with Crippen LogP contribution < -0.4 is 15.5 Å². The van der Waals surface area contributed by atoms with Crippen LogP contribution in [-0.4, -0.2) is 123 Å². The van der Waals surface area contributed by atoms with Crippen molar-refractivity contribution in [2.75, 3.05) is 63.1 Å². The molecule has 3 saturated heterocycles. The molecule has 8 rings (SSSR count). The Bertz CT molecular complexity index is 2140. The summed E-state index contributed by atoms with van der Waals surface area (Å²) in [4.78, 5) is 80.4. The number of anilines is 2. The largest absolute Gasteiger partial charge is 0.385 e. The number of piperazine rings is 1. The summed E-state index contributed by atoms with van der Waals surface area (Å²) in [6.45, 7) is 6.01. The molecule has 4 aromatic rings. The molecule has 2 aromatic carbocycles. The molecular formula is C40H46N10O5. The maximum Gasteiger partial charge on any atom is 0.262 e. The smallest absolute Gasteiger partial charge is 0.262 e. The Morgan fingerprint density at radius 3 is 2.49 bits per heavy atom. The van der Waals surface area contributed by atoms with E-state index in [1.807, 2.05) is 28.0 Å². The second-order valence-electron chi connectivity index (χ2n) is 15.0. The van der Waals surface area contributed by atoms with E-state index in [1.165, 1.54) is 0 Å². The third kappa shape index (κ3) is 7.53. The van der Waals surface area contributed by atoms with Crippen LogP contribution in [0.3, 0.4) is 0 Å². The summed E-state index contributed by atoms with van der Waals surface area (Å²) >= 11 is 0. The third-order valence-corrected chi connectivity index (χ3v) is 11.3. The van der Waals surface area contributed by atoms with Gasteiger partial charge < -0.3 is 20.0 Å². The summed E-state index contributed by atoms with van der Waals surface area (Å²) < 4.78 is 2.02. The molecule has 3 fully saturated rings. The zero-order valence-electron chi connectivity index (χ0n) is 31.1. The van der Waals surface area contributed by atoms with Crippen LogP contribution in [0.1, 0.15) is 78.1 Å². The number of hydrogen-bond acceptors (Lipinski definition) is 11. The summed E-state index contributed by atoms with van der Waals surface area (Å²) in [5.41, 5.74) is 5.87. The minimum Gasteiger partial charge on any atom is -0.385 e. The van der Waals surface area contributed by atoms with E-state index >= 15 is 0 Å². The first kappa shape index (κ1) is 36.3. The minimum atomic E-state index is -0.987. The molecule has 0 saturated carbocycles. The second-order valence-corrected chi connectivity index (χ2v) is 15.0. The number of para-hydroxylation sites is 1. The number of nitrogens with one attached hydrogen (secondary N) is 2. The first-order valence-corrected chi connectivity index (χ1v) is 19.3. The predicted molar refractivity (Wildman–Crippen MR) is 205 cm³/mol. The van der Waals surface area contributed by atoms with Crippen LogP contribution in [0.15, 0.2) is 55.0 Å². The second kappa shape index (κ2) is 15.6. The van der Waals surface area contributed by atoms with E-state index in [-0.39, 0.29) is 35.9 Å². The number of hydrogen-bond donors (Lipinski definition) is 2. The average Bonchev–Trinajstić information content (AvgIpc) is 3.79. The van der Waals surface area contributed by atoms with Crippen molar-refractivity contribution in [3.63, 3.8) is 0 Å². The molecule has 15 nitrogen and oxygen atoms in total. The van der Waals surface area contributed by atoms with Crippen molar-refractivity contribution in [1.29, 1.82) is 0 Å². The fraction of sp³-hybridized carbons (Fsp3) is 0.450. The summed E-state index contributed by atoms with van der Waals surface area (Å²) in [6, 6.07) is 10.4. The lowest BCUT2D eigenvalue weighted by Crippen LogP contribution is -2.54. The number of aromatic nitrogens is 4. The highest BCUT2D eigenvalue weighted by molar-refractivity contribution is 6.23. The summed E-state index contributed by atoms with van der Waals surface area (Å²) in [5, 5.41) is 10.2. The first-order valence-electron chi connectivity index (χ1n) is 19.3. The van der Waals surface area contributed by atoms with Crippen LogP contribution in [0.2, 0.25) is 0 Å². The normalized spacial score (nSPS) is 19.7. The number of piperidine rings is 2. The van der Waals surface area contributed by atoms with Crippen LogP contribution in [0.5, 0.6) is 0 Å². The Kier molecular flexibility index (Phi) is 10.3. The molecule has 1 atom stereocenters. The van der Waals surface area contributed by atoms with Crippen LogP contribution in [0.25, 0.3) is 22.3 Å². The van der Waals surface area contributed by atoms with E-state index in [0.717, 1.165) is 91.2 Å². The molecule has 6 heterocycles. The number of likely N-dealkylation sites (N-methyl/N-ethyl adjacent to an activating group) is 1. The first-order chi connectivity index (χ1) is 26.7. The zero-order valence-corrected chi connectivity index (χ0v) is 31.1. The molecule has 15 heteroatoms. The Labute approximate surface area is 319 Å². The average molecular weight is 747 g/mol. The summed E-state index contributed by atoms with van der Waals surface area (Å²) in [6.07, 6.45) is 10.6. The van der Waals surface area contributed by atoms with E-state index in [0.29, 0.717) is 31.7 Å². The van der Waals surface area contributed by atoms with Crippen molar-refractivity contribution >= 4 is 51.9 Å². The van der Waals surface area contributed by atoms with E-state index in [1.54, 1.807) is 18.2 Å². The van der Waals surface area contributed by atoms with Gasteiger partial charge in [0.25, 0.3) is 11.8 Å². The van der Waals surface area contributed by atoms with E-state index in [2.05, 4.69) is 45.8 Å². The van der Waals surface area contributed by atoms with Crippen molar-refractivity contribution in [1.82, 2.24) is 39.8 Å². The highest BCUT2D eigenvalue weighted by Gasteiger charge is 2.44. The number of nitrogens with zero attached hydrogens (tertiary/aromatic N) is 8. The summed E-state index contributed by atoms with van der Waals surface area (Å²) in [5.74, 6) is -1.90. The lowest BCUT2D eigenvalue weighted by atomic mass is 10.0. The Morgan fingerprint density at radius 1 is 0.891 bits per heavy atom. The molecular weight excluding hydrogens is 701 g/mol. The number of carbonyl (C=O) groups is 5. The van der Waals surface area contributed by atoms with Crippen LogP contribution in [0, 0.1) is 0 Å². The van der Waals surface area contributed by atoms with Gasteiger partial charge in [-0.3, -0.25) is 43.9 Å². The number of benzene rings is 2. The number of carbonyl (C=O) groups excluding carboxylic acids is 5. The van der Waals surface area contributed by atoms with Gasteiger partial charge in [0, 0.05) is 76.1 Å². The van der Waals surface area contributed by atoms with Crippen LogP contribution >= 0.6 is 0 Å². The molecule has 1 unspecified atom stereocenters. The minimum absolute atomic E-state index is 0.0800. The number of likely N-dealkylation sites (tertiary alicyclic amines) is 1. The topological polar surface area (TPSA) is 166 Å². The van der Waals surface area contributed by atoms with E-state index in [4.69, 9.17) is 15.1 Å². The number of fused-ring (bicyclic) bond motifs is 2. The van der Waals surface area contributed by atoms with Crippen molar-refractivity contribution in [2.24, 2.45) is 0 Å². The number of amides is 5. The summed E-state index contributed by atoms with van der Waals surface area (Å²) in [7, 11) is 2.15. The molecule has 4 aliphatic rings. The van der Waals surface area contributed by atoms with Gasteiger partial charge in [0.05, 0.1) is 46.5 Å².